The van der Waals surface area contributed by atoms with Crippen LogP contribution in [0, 0.1) is 0 Å². The molecule has 0 saturated carbocycles. The largest absolute Gasteiger partial charge is 0.294 e. The maximum absolute atomic E-state index is 12.2. The predicted octanol–water partition coefficient (Wildman–Crippen LogP) is 5.53. The maximum atomic E-state index is 12.2. The van der Waals surface area contributed by atoms with Crippen molar-refractivity contribution < 1.29 is 4.79 Å². The summed E-state index contributed by atoms with van der Waals surface area (Å²) in [5.41, 5.74) is 1.46. The van der Waals surface area contributed by atoms with Crippen LogP contribution in [0.1, 0.15) is 22.8 Å². The first kappa shape index (κ1) is 15.4. The van der Waals surface area contributed by atoms with Gasteiger partial charge in [-0.15, -0.1) is 11.8 Å². The topological polar surface area (TPSA) is 17.1 Å². The Hall–Kier alpha value is -0.960. The maximum Gasteiger partial charge on any atom is 0.167 e. The molecule has 0 atom stereocenters. The molecule has 0 bridgehead atoms. The first-order chi connectivity index (χ1) is 9.60. The van der Waals surface area contributed by atoms with Crippen LogP contribution < -0.4 is 0 Å². The molecule has 1 nitrogen and oxygen atoms in total. The van der Waals surface area contributed by atoms with Crippen molar-refractivity contribution >= 4 is 40.7 Å². The minimum atomic E-state index is 0.0437. The van der Waals surface area contributed by atoms with Gasteiger partial charge in [0.1, 0.15) is 0 Å². The van der Waals surface area contributed by atoms with E-state index in [4.69, 9.17) is 23.2 Å². The first-order valence-electron chi connectivity index (χ1n) is 6.30. The van der Waals surface area contributed by atoms with Crippen LogP contribution in [-0.4, -0.2) is 11.5 Å². The molecule has 4 heteroatoms. The second kappa shape index (κ2) is 7.16. The summed E-state index contributed by atoms with van der Waals surface area (Å²) in [6.45, 7) is 2.10. The van der Waals surface area contributed by atoms with Crippen LogP contribution >= 0.6 is 35.0 Å². The molecule has 20 heavy (non-hydrogen) atoms. The fourth-order valence-electron chi connectivity index (χ4n) is 1.86. The summed E-state index contributed by atoms with van der Waals surface area (Å²) in [6, 6.07) is 12.8. The Morgan fingerprint density at radius 1 is 1.10 bits per heavy atom. The van der Waals surface area contributed by atoms with Crippen molar-refractivity contribution in [3.05, 3.63) is 63.6 Å². The van der Waals surface area contributed by atoms with Crippen LogP contribution in [0.2, 0.25) is 10.0 Å². The summed E-state index contributed by atoms with van der Waals surface area (Å²) < 4.78 is 0. The van der Waals surface area contributed by atoms with E-state index in [1.165, 1.54) is 4.90 Å². The lowest BCUT2D eigenvalue weighted by Gasteiger charge is -2.05. The van der Waals surface area contributed by atoms with Crippen LogP contribution in [0.25, 0.3) is 0 Å². The Kier molecular flexibility index (Phi) is 5.53. The van der Waals surface area contributed by atoms with E-state index >= 15 is 0 Å². The van der Waals surface area contributed by atoms with Gasteiger partial charge in [0.2, 0.25) is 0 Å². The lowest BCUT2D eigenvalue weighted by molar-refractivity contribution is 0.0993. The van der Waals surface area contributed by atoms with Crippen molar-refractivity contribution in [3.8, 4) is 0 Å². The third-order valence-electron chi connectivity index (χ3n) is 2.85. The normalized spacial score (nSPS) is 10.6. The van der Waals surface area contributed by atoms with Gasteiger partial charge < -0.3 is 0 Å². The minimum absolute atomic E-state index is 0.0437. The van der Waals surface area contributed by atoms with Gasteiger partial charge in [0.05, 0.1) is 0 Å². The second-order valence-electron chi connectivity index (χ2n) is 4.29. The van der Waals surface area contributed by atoms with Crippen molar-refractivity contribution in [1.82, 2.24) is 0 Å². The lowest BCUT2D eigenvalue weighted by Crippen LogP contribution is -2.04. The molecule has 0 aliphatic carbocycles. The SMILES string of the molecule is CCSc1ccc(C(=O)Cc2cc(Cl)ccc2Cl)cc1. The third kappa shape index (κ3) is 4.02. The molecule has 0 aliphatic rings. The molecule has 0 saturated heterocycles. The predicted molar refractivity (Wildman–Crippen MR) is 87.3 cm³/mol. The van der Waals surface area contributed by atoms with Crippen LogP contribution in [-0.2, 0) is 6.42 Å². The monoisotopic (exact) mass is 324 g/mol. The molecule has 0 aliphatic heterocycles. The highest BCUT2D eigenvalue weighted by atomic mass is 35.5. The van der Waals surface area contributed by atoms with E-state index in [2.05, 4.69) is 6.92 Å². The molecule has 0 heterocycles. The summed E-state index contributed by atoms with van der Waals surface area (Å²) in [7, 11) is 0. The summed E-state index contributed by atoms with van der Waals surface area (Å²) in [4.78, 5) is 13.4. The number of hydrogen-bond acceptors (Lipinski definition) is 2. The Labute approximate surface area is 133 Å². The molecule has 0 spiro atoms. The van der Waals surface area contributed by atoms with Gasteiger partial charge in [0.25, 0.3) is 0 Å². The fourth-order valence-corrected chi connectivity index (χ4v) is 2.90. The Morgan fingerprint density at radius 3 is 2.45 bits per heavy atom. The van der Waals surface area contributed by atoms with Crippen molar-refractivity contribution in [2.45, 2.75) is 18.2 Å². The number of carbonyl (C=O) groups excluding carboxylic acids is 1. The van der Waals surface area contributed by atoms with Crippen LogP contribution in [0.4, 0.5) is 0 Å². The molecular weight excluding hydrogens is 311 g/mol. The highest BCUT2D eigenvalue weighted by Gasteiger charge is 2.10. The average Bonchev–Trinajstić information content (AvgIpc) is 2.44. The molecule has 0 N–H and O–H groups in total. The fraction of sp³-hybridized carbons (Fsp3) is 0.188. The van der Waals surface area contributed by atoms with Gasteiger partial charge in [-0.05, 0) is 41.6 Å². The first-order valence-corrected chi connectivity index (χ1v) is 8.04. The van der Waals surface area contributed by atoms with Crippen molar-refractivity contribution in [2.75, 3.05) is 5.75 Å². The van der Waals surface area contributed by atoms with E-state index < -0.39 is 0 Å². The number of rotatable bonds is 5. The zero-order valence-corrected chi connectivity index (χ0v) is 13.4. The van der Waals surface area contributed by atoms with E-state index in [1.54, 1.807) is 30.0 Å². The number of hydrogen-bond donors (Lipinski definition) is 0. The Morgan fingerprint density at radius 2 is 1.80 bits per heavy atom. The summed E-state index contributed by atoms with van der Waals surface area (Å²) in [6.07, 6.45) is 0.264. The van der Waals surface area contributed by atoms with E-state index in [9.17, 15) is 4.79 Å². The molecule has 0 fully saturated rings. The number of benzene rings is 2. The van der Waals surface area contributed by atoms with E-state index in [0.29, 0.717) is 15.6 Å². The molecular formula is C16H14Cl2OS. The summed E-state index contributed by atoms with van der Waals surface area (Å²) in [5.74, 6) is 1.06. The molecule has 0 unspecified atom stereocenters. The Balaban J connectivity index is 2.13. The molecule has 2 rings (SSSR count). The number of Topliss-reactive ketones (excluding diaryl/α,β-unsaturated/α-hetero) is 1. The minimum Gasteiger partial charge on any atom is -0.294 e. The van der Waals surface area contributed by atoms with Crippen LogP contribution in [0.15, 0.2) is 47.4 Å². The number of carbonyl (C=O) groups is 1. The third-order valence-corrected chi connectivity index (χ3v) is 4.34. The van der Waals surface area contributed by atoms with E-state index in [1.807, 2.05) is 24.3 Å². The van der Waals surface area contributed by atoms with Crippen LogP contribution in [0.5, 0.6) is 0 Å². The van der Waals surface area contributed by atoms with Gasteiger partial charge in [0, 0.05) is 26.9 Å². The number of ketones is 1. The molecule has 2 aromatic carbocycles. The summed E-state index contributed by atoms with van der Waals surface area (Å²) >= 11 is 13.8. The van der Waals surface area contributed by atoms with E-state index in [0.717, 1.165) is 11.3 Å². The van der Waals surface area contributed by atoms with E-state index in [-0.39, 0.29) is 12.2 Å². The van der Waals surface area contributed by atoms with Gasteiger partial charge in [-0.2, -0.15) is 0 Å². The van der Waals surface area contributed by atoms with Crippen molar-refractivity contribution in [3.63, 3.8) is 0 Å². The number of halogens is 2. The van der Waals surface area contributed by atoms with Gasteiger partial charge in [-0.1, -0.05) is 42.3 Å². The zero-order valence-electron chi connectivity index (χ0n) is 11.0. The highest BCUT2D eigenvalue weighted by Crippen LogP contribution is 2.23. The second-order valence-corrected chi connectivity index (χ2v) is 6.47. The molecule has 2 aromatic rings. The average molecular weight is 325 g/mol. The molecule has 0 amide bonds. The van der Waals surface area contributed by atoms with Gasteiger partial charge in [0.15, 0.2) is 5.78 Å². The Bertz CT molecular complexity index is 608. The molecule has 0 aromatic heterocycles. The van der Waals surface area contributed by atoms with Gasteiger partial charge in [-0.3, -0.25) is 4.79 Å². The molecule has 0 radical (unpaired) electrons. The molecule has 104 valence electrons. The zero-order chi connectivity index (χ0) is 14.5. The van der Waals surface area contributed by atoms with Gasteiger partial charge in [-0.25, -0.2) is 0 Å². The standard InChI is InChI=1S/C16H14Cl2OS/c1-2-20-14-6-3-11(4-7-14)16(19)10-12-9-13(17)5-8-15(12)18/h3-9H,2,10H2,1H3. The smallest absolute Gasteiger partial charge is 0.167 e. The number of thioether (sulfide) groups is 1. The summed E-state index contributed by atoms with van der Waals surface area (Å²) in [5, 5.41) is 1.16. The quantitative estimate of drug-likeness (QED) is 0.531. The van der Waals surface area contributed by atoms with Crippen molar-refractivity contribution in [1.29, 1.82) is 0 Å². The lowest BCUT2D eigenvalue weighted by atomic mass is 10.0. The van der Waals surface area contributed by atoms with Crippen molar-refractivity contribution in [2.24, 2.45) is 0 Å². The van der Waals surface area contributed by atoms with Crippen LogP contribution in [0.3, 0.4) is 0 Å². The van der Waals surface area contributed by atoms with Gasteiger partial charge >= 0.3 is 0 Å². The highest BCUT2D eigenvalue weighted by molar-refractivity contribution is 7.99.